The topological polar surface area (TPSA) is 76.1 Å². The molecule has 0 saturated heterocycles. The lowest BCUT2D eigenvalue weighted by molar-refractivity contribution is -0.145. The molecular formula is C19H17NO5. The Balaban J connectivity index is 1.62. The molecule has 0 unspecified atom stereocenters. The van der Waals surface area contributed by atoms with Crippen LogP contribution in [-0.4, -0.2) is 36.2 Å². The summed E-state index contributed by atoms with van der Waals surface area (Å²) in [6.45, 7) is 0.274. The molecule has 1 amide bonds. The Kier molecular flexibility index (Phi) is 3.80. The van der Waals surface area contributed by atoms with E-state index in [1.807, 2.05) is 24.3 Å². The number of amides is 1. The highest BCUT2D eigenvalue weighted by Crippen LogP contribution is 2.35. The van der Waals surface area contributed by atoms with Gasteiger partial charge in [-0.25, -0.2) is 4.79 Å². The predicted octanol–water partition coefficient (Wildman–Crippen LogP) is 2.12. The minimum absolute atomic E-state index is 0.0106. The number of nitrogens with zero attached hydrogens (tertiary/aromatic N) is 1. The Morgan fingerprint density at radius 2 is 1.76 bits per heavy atom. The van der Waals surface area contributed by atoms with Gasteiger partial charge in [0.05, 0.1) is 18.2 Å². The van der Waals surface area contributed by atoms with Crippen LogP contribution >= 0.6 is 0 Å². The summed E-state index contributed by atoms with van der Waals surface area (Å²) in [6, 6.07) is 14.7. The van der Waals surface area contributed by atoms with E-state index in [0.717, 1.165) is 11.3 Å². The van der Waals surface area contributed by atoms with E-state index in [0.29, 0.717) is 17.9 Å². The van der Waals surface area contributed by atoms with Crippen molar-refractivity contribution in [1.82, 2.24) is 0 Å². The molecule has 0 aromatic heterocycles. The van der Waals surface area contributed by atoms with Gasteiger partial charge in [0.25, 0.3) is 0 Å². The smallest absolute Gasteiger partial charge is 0.346 e. The van der Waals surface area contributed by atoms with Crippen molar-refractivity contribution in [3.05, 3.63) is 54.1 Å². The van der Waals surface area contributed by atoms with Gasteiger partial charge in [-0.3, -0.25) is 4.79 Å². The summed E-state index contributed by atoms with van der Waals surface area (Å²) in [5, 5.41) is 9.32. The maximum absolute atomic E-state index is 13.1. The molecule has 6 nitrogen and oxygen atoms in total. The number of carboxylic acids is 1. The minimum Gasteiger partial charge on any atom is -0.492 e. The molecule has 2 atom stereocenters. The number of para-hydroxylation sites is 3. The van der Waals surface area contributed by atoms with Crippen LogP contribution in [0.15, 0.2) is 48.5 Å². The van der Waals surface area contributed by atoms with E-state index in [-0.39, 0.29) is 25.0 Å². The zero-order valence-corrected chi connectivity index (χ0v) is 13.4. The molecule has 2 aliphatic rings. The quantitative estimate of drug-likeness (QED) is 0.907. The van der Waals surface area contributed by atoms with Crippen LogP contribution in [0, 0.1) is 5.92 Å². The third-order valence-corrected chi connectivity index (χ3v) is 4.54. The van der Waals surface area contributed by atoms with Crippen LogP contribution in [0.5, 0.6) is 11.5 Å². The Hall–Kier alpha value is -3.02. The summed E-state index contributed by atoms with van der Waals surface area (Å²) in [4.78, 5) is 26.0. The number of benzene rings is 2. The van der Waals surface area contributed by atoms with Gasteiger partial charge in [0.2, 0.25) is 12.0 Å². The molecule has 2 aromatic rings. The van der Waals surface area contributed by atoms with Crippen molar-refractivity contribution in [2.45, 2.75) is 12.5 Å². The molecule has 25 heavy (non-hydrogen) atoms. The van der Waals surface area contributed by atoms with E-state index in [1.165, 1.54) is 4.90 Å². The first-order valence-electron chi connectivity index (χ1n) is 8.14. The first-order valence-corrected chi connectivity index (χ1v) is 8.14. The summed E-state index contributed by atoms with van der Waals surface area (Å²) in [5.74, 6) is -0.367. The number of rotatable bonds is 2. The maximum Gasteiger partial charge on any atom is 0.346 e. The van der Waals surface area contributed by atoms with Crippen LogP contribution in [-0.2, 0) is 16.0 Å². The fraction of sp³-hybridized carbons (Fsp3) is 0.263. The molecule has 128 valence electrons. The number of hydrogen-bond donors (Lipinski definition) is 1. The van der Waals surface area contributed by atoms with Crippen molar-refractivity contribution >= 4 is 17.6 Å². The van der Waals surface area contributed by atoms with Crippen LogP contribution in [0.1, 0.15) is 5.56 Å². The van der Waals surface area contributed by atoms with Crippen LogP contribution in [0.2, 0.25) is 0 Å². The summed E-state index contributed by atoms with van der Waals surface area (Å²) >= 11 is 0. The van der Waals surface area contributed by atoms with E-state index in [1.54, 1.807) is 24.3 Å². The third kappa shape index (κ3) is 2.80. The SMILES string of the molecule is O=C(O)[C@H]1CN(C(=O)[C@H]2COc3ccccc3C2)c2ccccc2O1. The monoisotopic (exact) mass is 339 g/mol. The van der Waals surface area contributed by atoms with E-state index < -0.39 is 12.1 Å². The van der Waals surface area contributed by atoms with Gasteiger partial charge >= 0.3 is 5.97 Å². The molecule has 0 bridgehead atoms. The Morgan fingerprint density at radius 1 is 1.04 bits per heavy atom. The molecule has 4 rings (SSSR count). The van der Waals surface area contributed by atoms with Gasteiger partial charge in [-0.15, -0.1) is 0 Å². The average Bonchev–Trinajstić information content (AvgIpc) is 2.66. The summed E-state index contributed by atoms with van der Waals surface area (Å²) in [5.41, 5.74) is 1.59. The lowest BCUT2D eigenvalue weighted by atomic mass is 9.95. The van der Waals surface area contributed by atoms with Crippen molar-refractivity contribution in [2.24, 2.45) is 5.92 Å². The Labute approximate surface area is 144 Å². The van der Waals surface area contributed by atoms with Gasteiger partial charge in [0.15, 0.2) is 0 Å². The van der Waals surface area contributed by atoms with E-state index in [2.05, 4.69) is 0 Å². The number of ether oxygens (including phenoxy) is 2. The summed E-state index contributed by atoms with van der Waals surface area (Å²) in [7, 11) is 0. The fourth-order valence-electron chi connectivity index (χ4n) is 3.28. The second kappa shape index (κ2) is 6.12. The van der Waals surface area contributed by atoms with Crippen LogP contribution in [0.4, 0.5) is 5.69 Å². The molecule has 0 fully saturated rings. The highest BCUT2D eigenvalue weighted by atomic mass is 16.5. The molecule has 0 spiro atoms. The van der Waals surface area contributed by atoms with Crippen molar-refractivity contribution in [2.75, 3.05) is 18.1 Å². The van der Waals surface area contributed by atoms with Crippen LogP contribution in [0.25, 0.3) is 0 Å². The normalized spacial score (nSPS) is 21.4. The highest BCUT2D eigenvalue weighted by molar-refractivity contribution is 5.98. The molecule has 2 aromatic carbocycles. The van der Waals surface area contributed by atoms with Crippen molar-refractivity contribution < 1.29 is 24.2 Å². The molecule has 0 aliphatic carbocycles. The summed E-state index contributed by atoms with van der Waals surface area (Å²) in [6.07, 6.45) is -0.498. The Bertz CT molecular complexity index is 834. The second-order valence-electron chi connectivity index (χ2n) is 6.18. The standard InChI is InChI=1S/C19H17NO5/c21-18(13-9-12-5-1-3-7-15(12)24-11-13)20-10-17(19(22)23)25-16-8-4-2-6-14(16)20/h1-8,13,17H,9-11H2,(H,22,23)/t13-,17-/m1/s1. The summed E-state index contributed by atoms with van der Waals surface area (Å²) < 4.78 is 11.2. The number of anilines is 1. The van der Waals surface area contributed by atoms with Crippen LogP contribution in [0.3, 0.4) is 0 Å². The molecular weight excluding hydrogens is 322 g/mol. The largest absolute Gasteiger partial charge is 0.492 e. The highest BCUT2D eigenvalue weighted by Gasteiger charge is 2.37. The minimum atomic E-state index is -1.09. The number of carboxylic acid groups (broad SMARTS) is 1. The zero-order valence-electron chi connectivity index (χ0n) is 13.4. The lowest BCUT2D eigenvalue weighted by Crippen LogP contribution is -2.50. The van der Waals surface area contributed by atoms with Gasteiger partial charge in [-0.05, 0) is 30.2 Å². The molecule has 1 N–H and O–H groups in total. The van der Waals surface area contributed by atoms with Gasteiger partial charge in [-0.2, -0.15) is 0 Å². The number of carbonyl (C=O) groups excluding carboxylic acids is 1. The Morgan fingerprint density at radius 3 is 2.56 bits per heavy atom. The van der Waals surface area contributed by atoms with Crippen molar-refractivity contribution in [3.8, 4) is 11.5 Å². The average molecular weight is 339 g/mol. The third-order valence-electron chi connectivity index (χ3n) is 4.54. The van der Waals surface area contributed by atoms with Gasteiger partial charge in [0.1, 0.15) is 18.1 Å². The second-order valence-corrected chi connectivity index (χ2v) is 6.18. The number of hydrogen-bond acceptors (Lipinski definition) is 4. The van der Waals surface area contributed by atoms with Crippen LogP contribution < -0.4 is 14.4 Å². The van der Waals surface area contributed by atoms with Gasteiger partial charge < -0.3 is 19.5 Å². The van der Waals surface area contributed by atoms with E-state index in [4.69, 9.17) is 9.47 Å². The molecule has 0 radical (unpaired) electrons. The zero-order chi connectivity index (χ0) is 17.4. The number of aliphatic carboxylic acids is 1. The molecule has 2 heterocycles. The number of fused-ring (bicyclic) bond motifs is 2. The maximum atomic E-state index is 13.1. The van der Waals surface area contributed by atoms with Gasteiger partial charge in [0, 0.05) is 0 Å². The van der Waals surface area contributed by atoms with E-state index in [9.17, 15) is 14.7 Å². The van der Waals surface area contributed by atoms with E-state index >= 15 is 0 Å². The first kappa shape index (κ1) is 15.5. The predicted molar refractivity (Wildman–Crippen MR) is 90.0 cm³/mol. The van der Waals surface area contributed by atoms with Crippen molar-refractivity contribution in [1.29, 1.82) is 0 Å². The fourth-order valence-corrected chi connectivity index (χ4v) is 3.28. The van der Waals surface area contributed by atoms with Gasteiger partial charge in [-0.1, -0.05) is 30.3 Å². The molecule has 6 heteroatoms. The molecule has 0 saturated carbocycles. The van der Waals surface area contributed by atoms with Crippen molar-refractivity contribution in [3.63, 3.8) is 0 Å². The number of carbonyl (C=O) groups is 2. The first-order chi connectivity index (χ1) is 12.1. The molecule has 2 aliphatic heterocycles. The lowest BCUT2D eigenvalue weighted by Gasteiger charge is -2.36.